The molecule has 1 N–H and O–H groups in total. The third-order valence-corrected chi connectivity index (χ3v) is 5.97. The van der Waals surface area contributed by atoms with Crippen LogP contribution >= 0.6 is 31.9 Å². The highest BCUT2D eigenvalue weighted by Crippen LogP contribution is 2.56. The molecule has 1 saturated carbocycles. The van der Waals surface area contributed by atoms with E-state index in [0.717, 1.165) is 11.8 Å². The molecule has 0 spiro atoms. The van der Waals surface area contributed by atoms with Crippen molar-refractivity contribution in [2.45, 2.75) is 23.2 Å². The lowest BCUT2D eigenvalue weighted by Crippen LogP contribution is -2.45. The van der Waals surface area contributed by atoms with Crippen LogP contribution in [-0.2, 0) is 0 Å². The molecule has 1 aromatic rings. The van der Waals surface area contributed by atoms with E-state index in [1.165, 1.54) is 22.1 Å². The van der Waals surface area contributed by atoms with Crippen molar-refractivity contribution in [3.63, 3.8) is 0 Å². The Labute approximate surface area is 118 Å². The Morgan fingerprint density at radius 3 is 2.94 bits per heavy atom. The summed E-state index contributed by atoms with van der Waals surface area (Å²) < 4.78 is 1.19. The Morgan fingerprint density at radius 1 is 1.24 bits per heavy atom. The largest absolute Gasteiger partial charge is 0.378 e. The Balaban J connectivity index is 1.79. The molecule has 1 aliphatic heterocycles. The second-order valence-electron chi connectivity index (χ2n) is 5.31. The average Bonchev–Trinajstić information content (AvgIpc) is 2.65. The number of hydrogen-bond donors (Lipinski definition) is 1. The van der Waals surface area contributed by atoms with Gasteiger partial charge in [-0.3, -0.25) is 0 Å². The van der Waals surface area contributed by atoms with E-state index in [4.69, 9.17) is 0 Å². The zero-order valence-corrected chi connectivity index (χ0v) is 12.4. The first kappa shape index (κ1) is 10.6. The zero-order chi connectivity index (χ0) is 11.6. The molecule has 1 aromatic carbocycles. The normalized spacial score (nSPS) is 40.9. The number of allylic oxidation sites excluding steroid dienone is 1. The summed E-state index contributed by atoms with van der Waals surface area (Å²) >= 11 is 7.36. The molecule has 1 nitrogen and oxygen atoms in total. The van der Waals surface area contributed by atoms with Crippen LogP contribution in [0.3, 0.4) is 0 Å². The summed E-state index contributed by atoms with van der Waals surface area (Å²) in [5.41, 5.74) is 2.83. The minimum Gasteiger partial charge on any atom is -0.378 e. The van der Waals surface area contributed by atoms with Crippen LogP contribution in [0, 0.1) is 11.8 Å². The second kappa shape index (κ2) is 3.61. The highest BCUT2D eigenvalue weighted by molar-refractivity contribution is 9.10. The molecule has 88 valence electrons. The molecular formula is C14H13Br2N. The molecule has 1 fully saturated rings. The Morgan fingerprint density at radius 2 is 2.12 bits per heavy atom. The van der Waals surface area contributed by atoms with Crippen LogP contribution in [-0.4, -0.2) is 10.9 Å². The molecule has 0 radical (unpaired) electrons. The predicted octanol–water partition coefficient (Wildman–Crippen LogP) is 4.30. The smallest absolute Gasteiger partial charge is 0.0516 e. The molecule has 0 bridgehead atoms. The number of fused-ring (bicyclic) bond motifs is 5. The molecule has 0 amide bonds. The molecule has 4 rings (SSSR count). The summed E-state index contributed by atoms with van der Waals surface area (Å²) in [7, 11) is 0. The van der Waals surface area contributed by atoms with Crippen molar-refractivity contribution in [3.8, 4) is 0 Å². The van der Waals surface area contributed by atoms with Crippen LogP contribution in [0.15, 0.2) is 34.8 Å². The maximum absolute atomic E-state index is 3.77. The maximum atomic E-state index is 3.77. The van der Waals surface area contributed by atoms with Gasteiger partial charge in [-0.25, -0.2) is 0 Å². The van der Waals surface area contributed by atoms with Gasteiger partial charge in [-0.1, -0.05) is 44.0 Å². The predicted molar refractivity (Wildman–Crippen MR) is 77.7 cm³/mol. The number of benzene rings is 1. The van der Waals surface area contributed by atoms with Crippen molar-refractivity contribution in [2.24, 2.45) is 11.8 Å². The minimum absolute atomic E-state index is 0.514. The Kier molecular flexibility index (Phi) is 2.26. The van der Waals surface area contributed by atoms with E-state index in [1.54, 1.807) is 0 Å². The summed E-state index contributed by atoms with van der Waals surface area (Å²) in [6, 6.07) is 7.13. The lowest BCUT2D eigenvalue weighted by molar-refractivity contribution is 0.187. The fraction of sp³-hybridized carbons (Fsp3) is 0.429. The standard InChI is InChI=1S/C14H13Br2N/c15-7-1-3-12-10(5-7)14-9-6-11(16)8(9)2-4-13(14)17-12/h1-5,8-9,11,13-14,17H,6H2/t8-,9?,11?,13?,14?/m0/s1. The van der Waals surface area contributed by atoms with Crippen molar-refractivity contribution in [1.29, 1.82) is 0 Å². The lowest BCUT2D eigenvalue weighted by atomic mass is 9.61. The van der Waals surface area contributed by atoms with Gasteiger partial charge in [0, 0.05) is 20.9 Å². The summed E-state index contributed by atoms with van der Waals surface area (Å²) in [5.74, 6) is 2.23. The van der Waals surface area contributed by atoms with Crippen LogP contribution in [0.25, 0.3) is 0 Å². The van der Waals surface area contributed by atoms with E-state index < -0.39 is 0 Å². The highest BCUT2D eigenvalue weighted by atomic mass is 79.9. The molecule has 17 heavy (non-hydrogen) atoms. The summed E-state index contributed by atoms with van der Waals surface area (Å²) in [6.07, 6.45) is 6.08. The molecule has 0 saturated heterocycles. The van der Waals surface area contributed by atoms with Gasteiger partial charge in [0.1, 0.15) is 0 Å². The van der Waals surface area contributed by atoms with Crippen molar-refractivity contribution in [2.75, 3.05) is 5.32 Å². The van der Waals surface area contributed by atoms with Crippen molar-refractivity contribution >= 4 is 37.5 Å². The van der Waals surface area contributed by atoms with Crippen molar-refractivity contribution < 1.29 is 0 Å². The first-order valence-corrected chi connectivity index (χ1v) is 7.83. The average molecular weight is 355 g/mol. The quantitative estimate of drug-likeness (QED) is 0.541. The number of rotatable bonds is 0. The Bertz CT molecular complexity index is 511. The van der Waals surface area contributed by atoms with E-state index in [2.05, 4.69) is 67.5 Å². The number of alkyl halides is 1. The van der Waals surface area contributed by atoms with Crippen LogP contribution in [0.2, 0.25) is 0 Å². The van der Waals surface area contributed by atoms with Crippen molar-refractivity contribution in [1.82, 2.24) is 0 Å². The monoisotopic (exact) mass is 353 g/mol. The summed E-state index contributed by atoms with van der Waals surface area (Å²) in [5, 5.41) is 3.64. The van der Waals surface area contributed by atoms with Gasteiger partial charge in [-0.15, -0.1) is 0 Å². The molecular weight excluding hydrogens is 342 g/mol. The van der Waals surface area contributed by atoms with Gasteiger partial charge >= 0.3 is 0 Å². The van der Waals surface area contributed by atoms with Gasteiger partial charge < -0.3 is 5.32 Å². The van der Waals surface area contributed by atoms with Gasteiger partial charge in [0.2, 0.25) is 0 Å². The van der Waals surface area contributed by atoms with E-state index in [1.807, 2.05) is 0 Å². The van der Waals surface area contributed by atoms with Gasteiger partial charge in [0.15, 0.2) is 0 Å². The summed E-state index contributed by atoms with van der Waals surface area (Å²) in [4.78, 5) is 0.695. The topological polar surface area (TPSA) is 12.0 Å². The van der Waals surface area contributed by atoms with Crippen molar-refractivity contribution in [3.05, 3.63) is 40.4 Å². The third-order valence-electron chi connectivity index (χ3n) is 4.49. The van der Waals surface area contributed by atoms with Crippen LogP contribution in [0.1, 0.15) is 17.9 Å². The van der Waals surface area contributed by atoms with Crippen LogP contribution < -0.4 is 5.32 Å². The van der Waals surface area contributed by atoms with E-state index in [0.29, 0.717) is 16.8 Å². The molecule has 0 aromatic heterocycles. The van der Waals surface area contributed by atoms with E-state index in [-0.39, 0.29) is 0 Å². The Hall–Kier alpha value is -0.280. The van der Waals surface area contributed by atoms with Gasteiger partial charge in [0.25, 0.3) is 0 Å². The van der Waals surface area contributed by atoms with E-state index in [9.17, 15) is 0 Å². The number of anilines is 1. The highest BCUT2D eigenvalue weighted by Gasteiger charge is 2.50. The summed E-state index contributed by atoms with van der Waals surface area (Å²) in [6.45, 7) is 0. The minimum atomic E-state index is 0.514. The molecule has 4 unspecified atom stereocenters. The van der Waals surface area contributed by atoms with Gasteiger partial charge in [-0.05, 0) is 42.0 Å². The SMILES string of the molecule is Brc1ccc2c(c1)C1C(C=C[C@@H]3C(Br)CC13)N2. The van der Waals surface area contributed by atoms with Gasteiger partial charge in [-0.2, -0.15) is 0 Å². The van der Waals surface area contributed by atoms with E-state index >= 15 is 0 Å². The first-order valence-electron chi connectivity index (χ1n) is 6.12. The second-order valence-corrected chi connectivity index (χ2v) is 7.40. The molecule has 5 atom stereocenters. The zero-order valence-electron chi connectivity index (χ0n) is 9.24. The van der Waals surface area contributed by atoms with Crippen LogP contribution in [0.4, 0.5) is 5.69 Å². The molecule has 3 aliphatic rings. The number of halogens is 2. The molecule has 3 heteroatoms. The van der Waals surface area contributed by atoms with Crippen LogP contribution in [0.5, 0.6) is 0 Å². The number of hydrogen-bond acceptors (Lipinski definition) is 1. The number of nitrogens with one attached hydrogen (secondary N) is 1. The van der Waals surface area contributed by atoms with Gasteiger partial charge in [0.05, 0.1) is 6.04 Å². The molecule has 1 heterocycles. The lowest BCUT2D eigenvalue weighted by Gasteiger charge is -2.47. The maximum Gasteiger partial charge on any atom is 0.0516 e. The first-order chi connectivity index (χ1) is 8.24. The fourth-order valence-electron chi connectivity index (χ4n) is 3.61. The molecule has 2 aliphatic carbocycles. The fourth-order valence-corrected chi connectivity index (χ4v) is 4.99. The third kappa shape index (κ3) is 1.42.